The van der Waals surface area contributed by atoms with Gasteiger partial charge in [0.1, 0.15) is 64.1 Å². The Hall–Kier alpha value is -1.88. The molecule has 2 rings (SSSR count). The summed E-state index contributed by atoms with van der Waals surface area (Å²) < 4.78 is 41.7. The minimum absolute atomic E-state index is 0.134. The third-order valence-corrected chi connectivity index (χ3v) is 5.35. The van der Waals surface area contributed by atoms with Crippen LogP contribution in [0.4, 0.5) is 0 Å². The molecule has 0 aliphatic carbocycles. The molecule has 2 aliphatic heterocycles. The van der Waals surface area contributed by atoms with Crippen LogP contribution in [0.2, 0.25) is 0 Å². The maximum Gasteiger partial charge on any atom is 0.107 e. The van der Waals surface area contributed by atoms with Crippen molar-refractivity contribution in [3.05, 3.63) is 0 Å². The lowest BCUT2D eigenvalue weighted by Crippen LogP contribution is -2.23. The van der Waals surface area contributed by atoms with Crippen molar-refractivity contribution in [3.63, 3.8) is 0 Å². The number of hydrogen-bond acceptors (Lipinski definition) is 14. The highest BCUT2D eigenvalue weighted by Gasteiger charge is 2.22. The number of ether oxygens (including phenoxy) is 8. The maximum atomic E-state index is 9.59. The van der Waals surface area contributed by atoms with Crippen LogP contribution in [0.15, 0.2) is 0 Å². The van der Waals surface area contributed by atoms with Crippen LogP contribution in [0.1, 0.15) is 25.7 Å². The van der Waals surface area contributed by atoms with E-state index in [0.717, 1.165) is 65.3 Å². The molecule has 0 aromatic carbocycles. The number of aliphatic hydroxyl groups is 6. The van der Waals surface area contributed by atoms with Gasteiger partial charge in [0, 0.05) is 26.4 Å². The Morgan fingerprint density at radius 1 is 0.478 bits per heavy atom. The summed E-state index contributed by atoms with van der Waals surface area (Å²) in [4.78, 5) is 0. The van der Waals surface area contributed by atoms with Gasteiger partial charge < -0.3 is 68.5 Å². The van der Waals surface area contributed by atoms with Crippen molar-refractivity contribution in [1.82, 2.24) is 0 Å². The van der Waals surface area contributed by atoms with Crippen molar-refractivity contribution in [1.29, 1.82) is 0 Å². The molecule has 14 heteroatoms. The summed E-state index contributed by atoms with van der Waals surface area (Å²) >= 11 is 0. The number of rotatable bonds is 24. The van der Waals surface area contributed by atoms with Crippen LogP contribution in [-0.4, -0.2) is 174 Å². The molecule has 0 spiro atoms. The van der Waals surface area contributed by atoms with E-state index in [1.165, 1.54) is 0 Å². The molecule has 2 fully saturated rings. The zero-order valence-electron chi connectivity index (χ0n) is 26.8. The summed E-state index contributed by atoms with van der Waals surface area (Å²) in [7, 11) is 0. The van der Waals surface area contributed by atoms with Gasteiger partial charge in [0.25, 0.3) is 0 Å². The molecule has 0 amide bonds. The van der Waals surface area contributed by atoms with Gasteiger partial charge in [0.05, 0.1) is 52.9 Å². The minimum Gasteiger partial charge on any atom is -0.388 e. The molecule has 2 heterocycles. The monoisotopic (exact) mass is 662 g/mol. The molecule has 266 valence electrons. The van der Waals surface area contributed by atoms with Crippen LogP contribution in [0, 0.1) is 35.5 Å². The molecule has 0 radical (unpaired) electrons. The molecule has 0 aromatic rings. The highest BCUT2D eigenvalue weighted by Crippen LogP contribution is 2.10. The number of unbranched alkanes of at least 4 members (excludes halogenated alkanes) is 2. The SMILES string of the molecule is C(CCOCC1CO1)COCC1CO1.OCC#CCO.OCC#CCOCC(O)COCCCCOCC(O)COCC#CCO. The first-order chi connectivity index (χ1) is 22.6. The van der Waals surface area contributed by atoms with Gasteiger partial charge in [-0.25, -0.2) is 0 Å². The normalized spacial score (nSPS) is 16.8. The maximum absolute atomic E-state index is 9.59. The average Bonchev–Trinajstić information content (AvgIpc) is 4.00. The molecule has 4 atom stereocenters. The molecule has 6 N–H and O–H groups in total. The van der Waals surface area contributed by atoms with Crippen molar-refractivity contribution in [2.24, 2.45) is 0 Å². The van der Waals surface area contributed by atoms with Gasteiger partial charge in [-0.3, -0.25) is 0 Å². The summed E-state index contributed by atoms with van der Waals surface area (Å²) in [5.74, 6) is 14.6. The van der Waals surface area contributed by atoms with E-state index in [0.29, 0.717) is 25.4 Å². The first kappa shape index (κ1) is 44.1. The second-order valence-corrected chi connectivity index (χ2v) is 9.66. The van der Waals surface area contributed by atoms with Crippen LogP contribution in [0.5, 0.6) is 0 Å². The van der Waals surface area contributed by atoms with E-state index in [1.54, 1.807) is 0 Å². The van der Waals surface area contributed by atoms with Crippen molar-refractivity contribution in [2.45, 2.75) is 50.1 Å². The minimum atomic E-state index is -0.709. The second kappa shape index (κ2) is 36.0. The van der Waals surface area contributed by atoms with Crippen LogP contribution in [0.3, 0.4) is 0 Å². The third kappa shape index (κ3) is 38.3. The summed E-state index contributed by atoms with van der Waals surface area (Å²) in [5, 5.41) is 51.9. The zero-order chi connectivity index (χ0) is 33.8. The van der Waals surface area contributed by atoms with E-state index >= 15 is 0 Å². The Balaban J connectivity index is 0.000000830. The van der Waals surface area contributed by atoms with E-state index in [4.69, 9.17) is 58.3 Å². The Bertz CT molecular complexity index is 767. The Labute approximate surface area is 273 Å². The molecule has 0 saturated carbocycles. The predicted molar refractivity (Wildman–Crippen MR) is 167 cm³/mol. The van der Waals surface area contributed by atoms with Gasteiger partial charge in [-0.05, 0) is 25.7 Å². The Morgan fingerprint density at radius 3 is 1.11 bits per heavy atom. The fraction of sp³-hybridized carbons (Fsp3) is 0.812. The lowest BCUT2D eigenvalue weighted by atomic mass is 10.3. The van der Waals surface area contributed by atoms with E-state index in [9.17, 15) is 10.2 Å². The third-order valence-electron chi connectivity index (χ3n) is 5.35. The molecular weight excluding hydrogens is 608 g/mol. The summed E-state index contributed by atoms with van der Waals surface area (Å²) in [6, 6.07) is 0. The Morgan fingerprint density at radius 2 is 0.783 bits per heavy atom. The fourth-order valence-electron chi connectivity index (χ4n) is 2.93. The molecule has 14 nitrogen and oxygen atoms in total. The largest absolute Gasteiger partial charge is 0.388 e. The van der Waals surface area contributed by atoms with E-state index in [-0.39, 0.29) is 66.1 Å². The van der Waals surface area contributed by atoms with Crippen LogP contribution >= 0.6 is 0 Å². The molecule has 4 unspecified atom stereocenters. The van der Waals surface area contributed by atoms with Crippen molar-refractivity contribution in [2.75, 3.05) is 119 Å². The first-order valence-electron chi connectivity index (χ1n) is 15.4. The molecule has 0 aromatic heterocycles. The topological polar surface area (TPSA) is 202 Å². The molecular formula is C32H54O14. The number of hydrogen-bond donors (Lipinski definition) is 6. The molecule has 0 bridgehead atoms. The van der Waals surface area contributed by atoms with E-state index < -0.39 is 12.2 Å². The van der Waals surface area contributed by atoms with Crippen LogP contribution < -0.4 is 0 Å². The van der Waals surface area contributed by atoms with Gasteiger partial charge in [-0.2, -0.15) is 0 Å². The van der Waals surface area contributed by atoms with Gasteiger partial charge >= 0.3 is 0 Å². The van der Waals surface area contributed by atoms with Gasteiger partial charge in [0.15, 0.2) is 0 Å². The number of epoxide rings is 2. The zero-order valence-corrected chi connectivity index (χ0v) is 26.8. The lowest BCUT2D eigenvalue weighted by molar-refractivity contribution is -0.0206. The highest BCUT2D eigenvalue weighted by molar-refractivity contribution is 4.99. The van der Waals surface area contributed by atoms with E-state index in [1.807, 2.05) is 0 Å². The molecule has 46 heavy (non-hydrogen) atoms. The van der Waals surface area contributed by atoms with Crippen molar-refractivity contribution in [3.8, 4) is 35.5 Å². The Kier molecular flexibility index (Phi) is 34.5. The van der Waals surface area contributed by atoms with Gasteiger partial charge in [-0.1, -0.05) is 35.5 Å². The summed E-state index contributed by atoms with van der Waals surface area (Å²) in [6.45, 7) is 6.16. The lowest BCUT2D eigenvalue weighted by Gasteiger charge is -2.12. The van der Waals surface area contributed by atoms with Crippen molar-refractivity contribution < 1.29 is 68.5 Å². The van der Waals surface area contributed by atoms with Crippen molar-refractivity contribution >= 4 is 0 Å². The number of aliphatic hydroxyl groups excluding tert-OH is 6. The summed E-state index contributed by atoms with van der Waals surface area (Å²) in [6.07, 6.45) is 3.05. The van der Waals surface area contributed by atoms with E-state index in [2.05, 4.69) is 35.5 Å². The molecule has 2 aliphatic rings. The average molecular weight is 663 g/mol. The van der Waals surface area contributed by atoms with Crippen LogP contribution in [-0.2, 0) is 37.9 Å². The first-order valence-corrected chi connectivity index (χ1v) is 15.4. The smallest absolute Gasteiger partial charge is 0.107 e. The van der Waals surface area contributed by atoms with Crippen LogP contribution in [0.25, 0.3) is 0 Å². The fourth-order valence-corrected chi connectivity index (χ4v) is 2.93. The molecule has 2 saturated heterocycles. The van der Waals surface area contributed by atoms with Gasteiger partial charge in [-0.15, -0.1) is 0 Å². The quantitative estimate of drug-likeness (QED) is 0.0381. The summed E-state index contributed by atoms with van der Waals surface area (Å²) in [5.41, 5.74) is 0. The van der Waals surface area contributed by atoms with Gasteiger partial charge in [0.2, 0.25) is 0 Å². The predicted octanol–water partition coefficient (Wildman–Crippen LogP) is -1.88. The second-order valence-electron chi connectivity index (χ2n) is 9.66. The standard InChI is InChI=1S/C18H30O8.C10H18O4.C4H6O2/c19-7-1-3-9-23-13-17(21)15-25-11-5-6-12-26-16-18(22)14-24-10-4-2-8-20;1(3-11-5-9-7-13-9)2-4-12-6-10-8-14-10;5-3-1-2-4-6/h17-22H,5-16H2;9-10H,1-8H2;5-6H,3-4H2. The highest BCUT2D eigenvalue weighted by atomic mass is 16.6.